The highest BCUT2D eigenvalue weighted by Crippen LogP contribution is 2.34. The molecule has 0 radical (unpaired) electrons. The molecule has 1 amide bonds. The Morgan fingerprint density at radius 1 is 1.29 bits per heavy atom. The summed E-state index contributed by atoms with van der Waals surface area (Å²) >= 11 is 3.28. The number of nitrogens with zero attached hydrogens (tertiary/aromatic N) is 1. The molecule has 3 aromatic rings. The van der Waals surface area contributed by atoms with Crippen LogP contribution in [0, 0.1) is 6.92 Å². The predicted octanol–water partition coefficient (Wildman–Crippen LogP) is 3.72. The summed E-state index contributed by atoms with van der Waals surface area (Å²) in [5.41, 5.74) is 3.50. The van der Waals surface area contributed by atoms with Gasteiger partial charge in [0, 0.05) is 23.6 Å². The molecular weight excluding hydrogens is 390 g/mol. The Balaban J connectivity index is 1.25. The second kappa shape index (κ2) is 8.49. The fourth-order valence-corrected chi connectivity index (χ4v) is 5.53. The molecule has 0 bridgehead atoms. The van der Waals surface area contributed by atoms with Crippen molar-refractivity contribution in [3.63, 3.8) is 0 Å². The molecule has 28 heavy (non-hydrogen) atoms. The minimum absolute atomic E-state index is 0.0177. The summed E-state index contributed by atoms with van der Waals surface area (Å²) < 4.78 is 0. The molecule has 2 N–H and O–H groups in total. The van der Waals surface area contributed by atoms with Crippen LogP contribution in [0.15, 0.2) is 29.1 Å². The van der Waals surface area contributed by atoms with Crippen LogP contribution >= 0.6 is 23.1 Å². The molecule has 1 aliphatic rings. The average molecular weight is 414 g/mol. The van der Waals surface area contributed by atoms with Crippen molar-refractivity contribution in [1.29, 1.82) is 0 Å². The van der Waals surface area contributed by atoms with Gasteiger partial charge >= 0.3 is 0 Å². The topological polar surface area (TPSA) is 74.8 Å². The van der Waals surface area contributed by atoms with Crippen LogP contribution in [0.25, 0.3) is 10.2 Å². The lowest BCUT2D eigenvalue weighted by atomic mass is 10.1. The minimum atomic E-state index is -0.0177. The maximum absolute atomic E-state index is 12.4. The molecule has 146 valence electrons. The maximum atomic E-state index is 12.4. The number of nitrogens with one attached hydrogen (secondary N) is 2. The van der Waals surface area contributed by atoms with Gasteiger partial charge in [0.15, 0.2) is 0 Å². The molecule has 0 saturated carbocycles. The van der Waals surface area contributed by atoms with Crippen molar-refractivity contribution in [2.45, 2.75) is 44.9 Å². The van der Waals surface area contributed by atoms with E-state index in [1.165, 1.54) is 16.0 Å². The van der Waals surface area contributed by atoms with E-state index in [0.29, 0.717) is 30.3 Å². The predicted molar refractivity (Wildman–Crippen MR) is 116 cm³/mol. The quantitative estimate of drug-likeness (QED) is 0.579. The number of carbonyl (C=O) groups excluding carboxylic acids is 1. The molecule has 4 rings (SSSR count). The number of H-pyrrole nitrogens is 1. The number of aromatic amines is 1. The normalized spacial score (nSPS) is 13.0. The Kier molecular flexibility index (Phi) is 5.82. The first-order valence-corrected chi connectivity index (χ1v) is 11.5. The molecule has 1 aromatic carbocycles. The summed E-state index contributed by atoms with van der Waals surface area (Å²) in [6.45, 7) is 2.60. The molecule has 0 saturated heterocycles. The largest absolute Gasteiger partial charge is 0.352 e. The number of hydrogen-bond donors (Lipinski definition) is 2. The zero-order valence-electron chi connectivity index (χ0n) is 15.8. The Morgan fingerprint density at radius 3 is 2.93 bits per heavy atom. The van der Waals surface area contributed by atoms with E-state index < -0.39 is 0 Å². The summed E-state index contributed by atoms with van der Waals surface area (Å²) in [5, 5.41) is 3.74. The molecule has 2 aromatic heterocycles. The number of benzene rings is 1. The van der Waals surface area contributed by atoms with Crippen LogP contribution < -0.4 is 10.9 Å². The summed E-state index contributed by atoms with van der Waals surface area (Å²) in [6, 6.07) is 8.15. The van der Waals surface area contributed by atoms with E-state index in [2.05, 4.69) is 15.3 Å². The fourth-order valence-electron chi connectivity index (χ4n) is 3.44. The highest BCUT2D eigenvalue weighted by atomic mass is 32.2. The van der Waals surface area contributed by atoms with Gasteiger partial charge in [0.2, 0.25) is 5.91 Å². The number of thioether (sulfide) groups is 1. The first kappa shape index (κ1) is 19.2. The van der Waals surface area contributed by atoms with Gasteiger partial charge in [-0.1, -0.05) is 29.8 Å². The van der Waals surface area contributed by atoms with Crippen LogP contribution in [0.3, 0.4) is 0 Å². The molecule has 2 heterocycles. The number of aryl methyl sites for hydroxylation is 3. The third-order valence-electron chi connectivity index (χ3n) is 4.95. The third-order valence-corrected chi connectivity index (χ3v) is 7.10. The monoisotopic (exact) mass is 413 g/mol. The Labute approximate surface area is 172 Å². The van der Waals surface area contributed by atoms with E-state index in [-0.39, 0.29) is 11.5 Å². The van der Waals surface area contributed by atoms with Crippen LogP contribution in [0.4, 0.5) is 0 Å². The van der Waals surface area contributed by atoms with Crippen LogP contribution in [0.5, 0.6) is 0 Å². The first-order valence-electron chi connectivity index (χ1n) is 9.53. The standard InChI is InChI=1S/C21H23N3O2S2/c1-13-5-7-14(8-6-13)11-22-18(25)9-10-27-12-17-23-20(26)19-15-3-2-4-16(15)28-21(19)24-17/h5-8H,2-4,9-12H2,1H3,(H,22,25)(H,23,24,26). The van der Waals surface area contributed by atoms with E-state index in [1.54, 1.807) is 23.1 Å². The lowest BCUT2D eigenvalue weighted by Crippen LogP contribution is -2.23. The van der Waals surface area contributed by atoms with Gasteiger partial charge in [-0.05, 0) is 37.3 Å². The zero-order chi connectivity index (χ0) is 19.5. The second-order valence-electron chi connectivity index (χ2n) is 7.12. The molecule has 0 fully saturated rings. The van der Waals surface area contributed by atoms with Gasteiger partial charge in [-0.3, -0.25) is 9.59 Å². The summed E-state index contributed by atoms with van der Waals surface area (Å²) in [6.07, 6.45) is 3.65. The number of hydrogen-bond acceptors (Lipinski definition) is 5. The number of rotatable bonds is 7. The number of carbonyl (C=O) groups is 1. The van der Waals surface area contributed by atoms with Crippen molar-refractivity contribution >= 4 is 39.2 Å². The van der Waals surface area contributed by atoms with Crippen molar-refractivity contribution in [3.05, 3.63) is 62.0 Å². The lowest BCUT2D eigenvalue weighted by molar-refractivity contribution is -0.120. The van der Waals surface area contributed by atoms with Crippen LogP contribution in [0.1, 0.15) is 40.2 Å². The fraction of sp³-hybridized carbons (Fsp3) is 0.381. The average Bonchev–Trinajstić information content (AvgIpc) is 3.25. The number of amides is 1. The SMILES string of the molecule is Cc1ccc(CNC(=O)CCSCc2nc3sc4c(c3c(=O)[nH]2)CCC4)cc1. The van der Waals surface area contributed by atoms with E-state index in [0.717, 1.165) is 35.0 Å². The van der Waals surface area contributed by atoms with Crippen molar-refractivity contribution in [1.82, 2.24) is 15.3 Å². The van der Waals surface area contributed by atoms with Gasteiger partial charge in [-0.25, -0.2) is 4.98 Å². The molecule has 7 heteroatoms. The maximum Gasteiger partial charge on any atom is 0.259 e. The number of aromatic nitrogens is 2. The third kappa shape index (κ3) is 4.31. The zero-order valence-corrected chi connectivity index (χ0v) is 17.5. The molecule has 0 aliphatic heterocycles. The van der Waals surface area contributed by atoms with Gasteiger partial charge in [-0.15, -0.1) is 11.3 Å². The Hall–Kier alpha value is -2.12. The molecule has 5 nitrogen and oxygen atoms in total. The highest BCUT2D eigenvalue weighted by Gasteiger charge is 2.21. The minimum Gasteiger partial charge on any atom is -0.352 e. The highest BCUT2D eigenvalue weighted by molar-refractivity contribution is 7.98. The van der Waals surface area contributed by atoms with Crippen molar-refractivity contribution in [2.75, 3.05) is 5.75 Å². The van der Waals surface area contributed by atoms with Crippen molar-refractivity contribution < 1.29 is 4.79 Å². The smallest absolute Gasteiger partial charge is 0.259 e. The number of fused-ring (bicyclic) bond motifs is 3. The van der Waals surface area contributed by atoms with E-state index in [9.17, 15) is 9.59 Å². The van der Waals surface area contributed by atoms with Crippen LogP contribution in [0.2, 0.25) is 0 Å². The molecular formula is C21H23N3O2S2. The second-order valence-corrected chi connectivity index (χ2v) is 9.30. The summed E-state index contributed by atoms with van der Waals surface area (Å²) in [5.74, 6) is 2.05. The number of thiophene rings is 1. The van der Waals surface area contributed by atoms with Crippen molar-refractivity contribution in [2.24, 2.45) is 0 Å². The van der Waals surface area contributed by atoms with Gasteiger partial charge < -0.3 is 10.3 Å². The van der Waals surface area contributed by atoms with Gasteiger partial charge in [-0.2, -0.15) is 11.8 Å². The lowest BCUT2D eigenvalue weighted by Gasteiger charge is -2.06. The van der Waals surface area contributed by atoms with Gasteiger partial charge in [0.25, 0.3) is 5.56 Å². The van der Waals surface area contributed by atoms with Crippen LogP contribution in [-0.2, 0) is 29.9 Å². The Morgan fingerprint density at radius 2 is 2.11 bits per heavy atom. The summed E-state index contributed by atoms with van der Waals surface area (Å²) in [4.78, 5) is 34.2. The van der Waals surface area contributed by atoms with Gasteiger partial charge in [0.1, 0.15) is 10.7 Å². The van der Waals surface area contributed by atoms with Gasteiger partial charge in [0.05, 0.1) is 11.1 Å². The van der Waals surface area contributed by atoms with E-state index in [4.69, 9.17) is 0 Å². The molecule has 1 aliphatic carbocycles. The molecule has 0 atom stereocenters. The molecule has 0 unspecified atom stereocenters. The summed E-state index contributed by atoms with van der Waals surface area (Å²) in [7, 11) is 0. The van der Waals surface area contributed by atoms with E-state index >= 15 is 0 Å². The van der Waals surface area contributed by atoms with Crippen LogP contribution in [-0.4, -0.2) is 21.6 Å². The first-order chi connectivity index (χ1) is 13.6. The molecule has 0 spiro atoms. The van der Waals surface area contributed by atoms with E-state index in [1.807, 2.05) is 31.2 Å². The Bertz CT molecular complexity index is 1050. The van der Waals surface area contributed by atoms with Crippen molar-refractivity contribution in [3.8, 4) is 0 Å².